The van der Waals surface area contributed by atoms with E-state index in [1.165, 1.54) is 25.7 Å². The van der Waals surface area contributed by atoms with Gasteiger partial charge in [-0.1, -0.05) is 28.8 Å². The molecule has 1 aliphatic carbocycles. The molecule has 3 rings (SSSR count). The highest BCUT2D eigenvalue weighted by molar-refractivity contribution is 9.10. The summed E-state index contributed by atoms with van der Waals surface area (Å²) in [6, 6.07) is 6.07. The molecule has 2 fully saturated rings. The quantitative estimate of drug-likeness (QED) is 0.443. The first-order valence-electron chi connectivity index (χ1n) is 7.79. The Labute approximate surface area is 134 Å². The predicted molar refractivity (Wildman–Crippen MR) is 88.5 cm³/mol. The van der Waals surface area contributed by atoms with Crippen LogP contribution in [0.4, 0.5) is 5.69 Å². The van der Waals surface area contributed by atoms with E-state index < -0.39 is 0 Å². The standard InChI is InChI=1S/C16H24BrN3O/c17-12-3-4-14(18)13(9-12)15(20-19)11-5-8-21-16(10-11)6-1-2-7-16/h3-4,9,11,15,20H,1-2,5-8,10,18-19H2. The van der Waals surface area contributed by atoms with Crippen molar-refractivity contribution >= 4 is 21.6 Å². The Morgan fingerprint density at radius 2 is 2.10 bits per heavy atom. The van der Waals surface area contributed by atoms with E-state index in [-0.39, 0.29) is 11.6 Å². The second-order valence-electron chi connectivity index (χ2n) is 6.41. The molecule has 5 heteroatoms. The van der Waals surface area contributed by atoms with E-state index in [0.717, 1.165) is 35.2 Å². The number of halogens is 1. The van der Waals surface area contributed by atoms with Crippen LogP contribution in [0.5, 0.6) is 0 Å². The number of anilines is 1. The van der Waals surface area contributed by atoms with Crippen molar-refractivity contribution in [3.05, 3.63) is 28.2 Å². The van der Waals surface area contributed by atoms with Gasteiger partial charge < -0.3 is 10.5 Å². The fourth-order valence-electron chi connectivity index (χ4n) is 4.01. The van der Waals surface area contributed by atoms with Gasteiger partial charge in [0.25, 0.3) is 0 Å². The summed E-state index contributed by atoms with van der Waals surface area (Å²) in [6.07, 6.45) is 7.05. The van der Waals surface area contributed by atoms with Gasteiger partial charge in [0.2, 0.25) is 0 Å². The van der Waals surface area contributed by atoms with Crippen molar-refractivity contribution in [2.24, 2.45) is 11.8 Å². The summed E-state index contributed by atoms with van der Waals surface area (Å²) in [5.41, 5.74) is 11.2. The van der Waals surface area contributed by atoms with Crippen molar-refractivity contribution < 1.29 is 4.74 Å². The summed E-state index contributed by atoms with van der Waals surface area (Å²) in [5.74, 6) is 6.35. The van der Waals surface area contributed by atoms with Gasteiger partial charge in [-0.2, -0.15) is 0 Å². The Bertz CT molecular complexity index is 502. The molecule has 21 heavy (non-hydrogen) atoms. The lowest BCUT2D eigenvalue weighted by molar-refractivity contribution is -0.0982. The number of nitrogen functional groups attached to an aromatic ring is 1. The van der Waals surface area contributed by atoms with Crippen molar-refractivity contribution in [3.8, 4) is 0 Å². The van der Waals surface area contributed by atoms with Gasteiger partial charge in [0.05, 0.1) is 11.6 Å². The van der Waals surface area contributed by atoms with Gasteiger partial charge in [-0.3, -0.25) is 11.3 Å². The van der Waals surface area contributed by atoms with Crippen LogP contribution in [0.1, 0.15) is 50.1 Å². The van der Waals surface area contributed by atoms with E-state index in [4.69, 9.17) is 16.3 Å². The van der Waals surface area contributed by atoms with Gasteiger partial charge in [0.1, 0.15) is 0 Å². The first-order valence-corrected chi connectivity index (χ1v) is 8.58. The van der Waals surface area contributed by atoms with Crippen LogP contribution in [0.25, 0.3) is 0 Å². The summed E-state index contributed by atoms with van der Waals surface area (Å²) < 4.78 is 7.17. The lowest BCUT2D eigenvalue weighted by atomic mass is 9.78. The van der Waals surface area contributed by atoms with Crippen LogP contribution in [0, 0.1) is 5.92 Å². The second-order valence-corrected chi connectivity index (χ2v) is 7.32. The maximum absolute atomic E-state index is 6.17. The van der Waals surface area contributed by atoms with Crippen LogP contribution < -0.4 is 17.0 Å². The SMILES string of the molecule is NNC(c1cc(Br)ccc1N)C1CCOC2(CCCC2)C1. The molecule has 5 N–H and O–H groups in total. The minimum absolute atomic E-state index is 0.0869. The average molecular weight is 354 g/mol. The van der Waals surface area contributed by atoms with Crippen LogP contribution in [0.3, 0.4) is 0 Å². The van der Waals surface area contributed by atoms with E-state index in [1.54, 1.807) is 0 Å². The molecular formula is C16H24BrN3O. The fraction of sp³-hybridized carbons (Fsp3) is 0.625. The van der Waals surface area contributed by atoms with E-state index in [9.17, 15) is 0 Å². The number of hydrazine groups is 1. The Hall–Kier alpha value is -0.620. The molecule has 1 saturated carbocycles. The molecule has 1 aliphatic heterocycles. The maximum atomic E-state index is 6.17. The molecule has 1 aromatic rings. The molecule has 4 nitrogen and oxygen atoms in total. The first-order chi connectivity index (χ1) is 10.1. The summed E-state index contributed by atoms with van der Waals surface area (Å²) in [6.45, 7) is 0.830. The number of ether oxygens (including phenoxy) is 1. The molecule has 2 aliphatic rings. The topological polar surface area (TPSA) is 73.3 Å². The third-order valence-corrected chi connectivity index (χ3v) is 5.57. The molecule has 0 radical (unpaired) electrons. The Morgan fingerprint density at radius 1 is 1.33 bits per heavy atom. The highest BCUT2D eigenvalue weighted by atomic mass is 79.9. The minimum Gasteiger partial charge on any atom is -0.398 e. The van der Waals surface area contributed by atoms with Crippen molar-refractivity contribution in [1.82, 2.24) is 5.43 Å². The number of hydrogen-bond acceptors (Lipinski definition) is 4. The summed E-state index contributed by atoms with van der Waals surface area (Å²) in [4.78, 5) is 0. The highest BCUT2D eigenvalue weighted by Crippen LogP contribution is 2.45. The number of hydrogen-bond donors (Lipinski definition) is 3. The van der Waals surface area contributed by atoms with Gasteiger partial charge in [-0.05, 0) is 55.4 Å². The maximum Gasteiger partial charge on any atom is 0.0686 e. The van der Waals surface area contributed by atoms with Gasteiger partial charge in [-0.15, -0.1) is 0 Å². The van der Waals surface area contributed by atoms with E-state index in [1.807, 2.05) is 12.1 Å². The van der Waals surface area contributed by atoms with Crippen molar-refractivity contribution in [2.45, 2.75) is 50.2 Å². The molecule has 1 aromatic carbocycles. The third kappa shape index (κ3) is 3.11. The van der Waals surface area contributed by atoms with Crippen LogP contribution >= 0.6 is 15.9 Å². The van der Waals surface area contributed by atoms with Gasteiger partial charge in [-0.25, -0.2) is 0 Å². The van der Waals surface area contributed by atoms with Crippen molar-refractivity contribution in [3.63, 3.8) is 0 Å². The normalized spacial score (nSPS) is 26.1. The molecule has 0 aromatic heterocycles. The fourth-order valence-corrected chi connectivity index (χ4v) is 4.39. The predicted octanol–water partition coefficient (Wildman–Crippen LogP) is 3.28. The smallest absolute Gasteiger partial charge is 0.0686 e. The molecule has 116 valence electrons. The average Bonchev–Trinajstić information content (AvgIpc) is 2.91. The monoisotopic (exact) mass is 353 g/mol. The second kappa shape index (κ2) is 6.24. The molecule has 1 heterocycles. The lowest BCUT2D eigenvalue weighted by Crippen LogP contribution is -2.43. The summed E-state index contributed by atoms with van der Waals surface area (Å²) in [7, 11) is 0. The van der Waals surface area contributed by atoms with Gasteiger partial charge in [0, 0.05) is 16.8 Å². The molecule has 0 amide bonds. The van der Waals surface area contributed by atoms with Crippen LogP contribution in [-0.2, 0) is 4.74 Å². The number of nitrogens with two attached hydrogens (primary N) is 2. The summed E-state index contributed by atoms with van der Waals surface area (Å²) >= 11 is 3.53. The highest BCUT2D eigenvalue weighted by Gasteiger charge is 2.42. The number of rotatable bonds is 3. The summed E-state index contributed by atoms with van der Waals surface area (Å²) in [5, 5.41) is 0. The van der Waals surface area contributed by atoms with Gasteiger partial charge in [0.15, 0.2) is 0 Å². The van der Waals surface area contributed by atoms with Gasteiger partial charge >= 0.3 is 0 Å². The molecule has 0 bridgehead atoms. The minimum atomic E-state index is 0.0869. The molecule has 1 saturated heterocycles. The Balaban J connectivity index is 1.84. The van der Waals surface area contributed by atoms with E-state index >= 15 is 0 Å². The number of nitrogens with one attached hydrogen (secondary N) is 1. The van der Waals surface area contributed by atoms with Crippen molar-refractivity contribution in [2.75, 3.05) is 12.3 Å². The van der Waals surface area contributed by atoms with Crippen LogP contribution in [0.2, 0.25) is 0 Å². The largest absolute Gasteiger partial charge is 0.398 e. The molecular weight excluding hydrogens is 330 g/mol. The molecule has 2 unspecified atom stereocenters. The van der Waals surface area contributed by atoms with E-state index in [2.05, 4.69) is 27.4 Å². The van der Waals surface area contributed by atoms with Crippen LogP contribution in [-0.4, -0.2) is 12.2 Å². The zero-order chi connectivity index (χ0) is 14.9. The molecule has 1 spiro atoms. The lowest BCUT2D eigenvalue weighted by Gasteiger charge is -2.41. The Kier molecular flexibility index (Phi) is 4.54. The van der Waals surface area contributed by atoms with Crippen LogP contribution in [0.15, 0.2) is 22.7 Å². The molecule has 2 atom stereocenters. The Morgan fingerprint density at radius 3 is 2.81 bits per heavy atom. The van der Waals surface area contributed by atoms with E-state index in [0.29, 0.717) is 5.92 Å². The number of benzene rings is 1. The first kappa shape index (κ1) is 15.3. The third-order valence-electron chi connectivity index (χ3n) is 5.08. The zero-order valence-corrected chi connectivity index (χ0v) is 13.9. The zero-order valence-electron chi connectivity index (χ0n) is 12.3. The van der Waals surface area contributed by atoms with Crippen molar-refractivity contribution in [1.29, 1.82) is 0 Å².